The lowest BCUT2D eigenvalue weighted by atomic mass is 10.0. The standard InChI is InChI=1S/C28H29F4N3O6S/c29-25(27(37)38)41-24-14-11-19(16-22(24)33)17-23(35-42(39,40)21-7-2-1-3-8-21)26(36)34-15-5-4-6-18-9-12-20(13-10-18)28(30,31)32/h1-3,7-14,16,23,25,35H,4-6,15,17,33H2,(H,34,36)(H,37,38). The van der Waals surface area contributed by atoms with E-state index in [1.807, 2.05) is 0 Å². The number of alkyl halides is 4. The smallest absolute Gasteiger partial charge is 0.416 e. The molecule has 0 aromatic heterocycles. The number of anilines is 1. The first kappa shape index (κ1) is 32.3. The van der Waals surface area contributed by atoms with E-state index < -0.39 is 46.0 Å². The lowest BCUT2D eigenvalue weighted by molar-refractivity contribution is -0.153. The van der Waals surface area contributed by atoms with Crippen LogP contribution < -0.4 is 20.5 Å². The molecule has 3 aromatic rings. The highest BCUT2D eigenvalue weighted by Gasteiger charge is 2.30. The average molecular weight is 612 g/mol. The summed E-state index contributed by atoms with van der Waals surface area (Å²) in [5, 5.41) is 11.4. The van der Waals surface area contributed by atoms with Gasteiger partial charge >= 0.3 is 18.5 Å². The van der Waals surface area contributed by atoms with E-state index in [1.165, 1.54) is 54.6 Å². The van der Waals surface area contributed by atoms with Crippen LogP contribution in [0.25, 0.3) is 0 Å². The van der Waals surface area contributed by atoms with Gasteiger partial charge in [0.05, 0.1) is 16.1 Å². The third kappa shape index (κ3) is 9.45. The second kappa shape index (κ2) is 14.1. The van der Waals surface area contributed by atoms with Crippen molar-refractivity contribution in [3.8, 4) is 5.75 Å². The SMILES string of the molecule is Nc1cc(CC(NS(=O)(=O)c2ccccc2)C(=O)NCCCCc2ccc(C(F)(F)F)cc2)ccc1OC(F)C(=O)O. The number of carboxylic acid groups (broad SMARTS) is 1. The van der Waals surface area contributed by atoms with Crippen LogP contribution in [0.1, 0.15) is 29.5 Å². The monoisotopic (exact) mass is 611 g/mol. The van der Waals surface area contributed by atoms with Crippen LogP contribution in [0.4, 0.5) is 23.2 Å². The van der Waals surface area contributed by atoms with Crippen molar-refractivity contribution in [3.63, 3.8) is 0 Å². The number of carbonyl (C=O) groups is 2. The van der Waals surface area contributed by atoms with Gasteiger partial charge in [-0.1, -0.05) is 36.4 Å². The minimum atomic E-state index is -4.42. The molecule has 0 aliphatic heterocycles. The molecule has 0 aliphatic rings. The molecule has 2 unspecified atom stereocenters. The Morgan fingerprint density at radius 3 is 2.19 bits per heavy atom. The van der Waals surface area contributed by atoms with E-state index in [2.05, 4.69) is 14.8 Å². The number of sulfonamides is 1. The van der Waals surface area contributed by atoms with Crippen molar-refractivity contribution in [1.29, 1.82) is 0 Å². The summed E-state index contributed by atoms with van der Waals surface area (Å²) < 4.78 is 84.6. The van der Waals surface area contributed by atoms with Crippen LogP contribution >= 0.6 is 0 Å². The summed E-state index contributed by atoms with van der Waals surface area (Å²) in [5.41, 5.74) is 6.08. The number of halogens is 4. The van der Waals surface area contributed by atoms with Gasteiger partial charge in [-0.3, -0.25) is 4.79 Å². The fraction of sp³-hybridized carbons (Fsp3) is 0.286. The molecule has 0 spiro atoms. The number of aliphatic carboxylic acids is 1. The highest BCUT2D eigenvalue weighted by Crippen LogP contribution is 2.29. The van der Waals surface area contributed by atoms with Gasteiger partial charge in [-0.25, -0.2) is 13.2 Å². The number of ether oxygens (including phenoxy) is 1. The fourth-order valence-corrected chi connectivity index (χ4v) is 5.14. The molecule has 1 amide bonds. The number of hydrogen-bond donors (Lipinski definition) is 4. The minimum absolute atomic E-state index is 0.0646. The number of hydrogen-bond acceptors (Lipinski definition) is 6. The lowest BCUT2D eigenvalue weighted by Gasteiger charge is -2.19. The van der Waals surface area contributed by atoms with E-state index in [0.717, 1.165) is 12.1 Å². The molecule has 0 saturated heterocycles. The Balaban J connectivity index is 1.65. The van der Waals surface area contributed by atoms with E-state index in [4.69, 9.17) is 10.8 Å². The molecule has 0 fully saturated rings. The summed E-state index contributed by atoms with van der Waals surface area (Å²) in [5.74, 6) is -2.73. The van der Waals surface area contributed by atoms with Crippen LogP contribution in [0.2, 0.25) is 0 Å². The lowest BCUT2D eigenvalue weighted by Crippen LogP contribution is -2.48. The van der Waals surface area contributed by atoms with Gasteiger partial charge in [0.2, 0.25) is 15.9 Å². The van der Waals surface area contributed by atoms with Crippen molar-refractivity contribution in [2.45, 2.75) is 49.2 Å². The average Bonchev–Trinajstić information content (AvgIpc) is 2.94. The summed E-state index contributed by atoms with van der Waals surface area (Å²) >= 11 is 0. The highest BCUT2D eigenvalue weighted by atomic mass is 32.2. The van der Waals surface area contributed by atoms with E-state index in [9.17, 15) is 35.6 Å². The third-order valence-corrected chi connectivity index (χ3v) is 7.57. The van der Waals surface area contributed by atoms with Crippen molar-refractivity contribution in [3.05, 3.63) is 89.5 Å². The van der Waals surface area contributed by atoms with Gasteiger partial charge in [0, 0.05) is 6.54 Å². The van der Waals surface area contributed by atoms with Crippen LogP contribution in [0.15, 0.2) is 77.7 Å². The Labute approximate surface area is 239 Å². The Bertz CT molecular complexity index is 1470. The largest absolute Gasteiger partial charge is 0.476 e. The highest BCUT2D eigenvalue weighted by molar-refractivity contribution is 7.89. The number of carboxylic acids is 1. The molecule has 5 N–H and O–H groups in total. The van der Waals surface area contributed by atoms with Crippen LogP contribution in [-0.4, -0.2) is 44.3 Å². The Kier molecular flexibility index (Phi) is 10.9. The number of amides is 1. The van der Waals surface area contributed by atoms with Gasteiger partial charge in [0.1, 0.15) is 11.8 Å². The second-order valence-corrected chi connectivity index (χ2v) is 11.0. The van der Waals surface area contributed by atoms with Crippen molar-refractivity contribution < 1.29 is 45.4 Å². The molecule has 0 aliphatic carbocycles. The van der Waals surface area contributed by atoms with Gasteiger partial charge in [0.15, 0.2) is 0 Å². The molecular weight excluding hydrogens is 582 g/mol. The van der Waals surface area contributed by atoms with Crippen molar-refractivity contribution in [2.24, 2.45) is 0 Å². The zero-order chi connectivity index (χ0) is 30.9. The molecule has 0 heterocycles. The summed E-state index contributed by atoms with van der Waals surface area (Å²) in [7, 11) is -4.12. The van der Waals surface area contributed by atoms with Crippen LogP contribution in [0.5, 0.6) is 5.75 Å². The molecule has 0 bridgehead atoms. The molecule has 9 nitrogen and oxygen atoms in total. The summed E-state index contributed by atoms with van der Waals surface area (Å²) in [4.78, 5) is 23.7. The predicted octanol–water partition coefficient (Wildman–Crippen LogP) is 4.08. The molecule has 0 radical (unpaired) electrons. The summed E-state index contributed by atoms with van der Waals surface area (Å²) in [6, 6.07) is 14.8. The van der Waals surface area contributed by atoms with Gasteiger partial charge in [-0.05, 0) is 73.2 Å². The van der Waals surface area contributed by atoms with Gasteiger partial charge in [0.25, 0.3) is 0 Å². The van der Waals surface area contributed by atoms with Crippen molar-refractivity contribution in [2.75, 3.05) is 12.3 Å². The van der Waals surface area contributed by atoms with E-state index in [-0.39, 0.29) is 29.3 Å². The van der Waals surface area contributed by atoms with E-state index >= 15 is 0 Å². The van der Waals surface area contributed by atoms with E-state index in [0.29, 0.717) is 30.4 Å². The predicted molar refractivity (Wildman–Crippen MR) is 146 cm³/mol. The first-order valence-corrected chi connectivity index (χ1v) is 14.2. The van der Waals surface area contributed by atoms with Crippen LogP contribution in [0.3, 0.4) is 0 Å². The molecule has 0 saturated carbocycles. The Morgan fingerprint density at radius 1 is 0.952 bits per heavy atom. The van der Waals surface area contributed by atoms with Crippen LogP contribution in [-0.2, 0) is 38.6 Å². The number of aryl methyl sites for hydroxylation is 1. The van der Waals surface area contributed by atoms with Gasteiger partial charge in [-0.15, -0.1) is 0 Å². The second-order valence-electron chi connectivity index (χ2n) is 9.28. The quantitative estimate of drug-likeness (QED) is 0.122. The number of carbonyl (C=O) groups excluding carboxylic acids is 1. The molecular formula is C28H29F4N3O6S. The zero-order valence-corrected chi connectivity index (χ0v) is 22.9. The zero-order valence-electron chi connectivity index (χ0n) is 22.1. The third-order valence-electron chi connectivity index (χ3n) is 6.08. The molecule has 3 aromatic carbocycles. The minimum Gasteiger partial charge on any atom is -0.476 e. The Morgan fingerprint density at radius 2 is 1.60 bits per heavy atom. The van der Waals surface area contributed by atoms with Crippen molar-refractivity contribution in [1.82, 2.24) is 10.0 Å². The number of nitrogens with two attached hydrogens (primary N) is 1. The topological polar surface area (TPSA) is 148 Å². The Hall–Kier alpha value is -4.17. The maximum atomic E-state index is 13.4. The number of benzene rings is 3. The number of nitrogen functional groups attached to an aromatic ring is 1. The van der Waals surface area contributed by atoms with Gasteiger partial charge < -0.3 is 20.9 Å². The number of nitrogens with one attached hydrogen (secondary N) is 2. The molecule has 42 heavy (non-hydrogen) atoms. The fourth-order valence-electron chi connectivity index (χ4n) is 3.92. The molecule has 3 rings (SSSR count). The van der Waals surface area contributed by atoms with Gasteiger partial charge in [-0.2, -0.15) is 22.3 Å². The first-order chi connectivity index (χ1) is 19.8. The van der Waals surface area contributed by atoms with Crippen LogP contribution in [0, 0.1) is 0 Å². The van der Waals surface area contributed by atoms with E-state index in [1.54, 1.807) is 6.07 Å². The number of unbranched alkanes of at least 4 members (excludes halogenated alkanes) is 1. The maximum Gasteiger partial charge on any atom is 0.416 e. The molecule has 226 valence electrons. The van der Waals surface area contributed by atoms with Crippen molar-refractivity contribution >= 4 is 27.6 Å². The molecule has 14 heteroatoms. The summed E-state index contributed by atoms with van der Waals surface area (Å²) in [6.07, 6.45) is -5.72. The maximum absolute atomic E-state index is 13.4. The summed E-state index contributed by atoms with van der Waals surface area (Å²) in [6.45, 7) is 0.172. The first-order valence-electron chi connectivity index (χ1n) is 12.7. The number of rotatable bonds is 14. The normalized spacial score (nSPS) is 13.2. The molecule has 2 atom stereocenters.